The van der Waals surface area contributed by atoms with Crippen molar-refractivity contribution in [1.82, 2.24) is 15.5 Å². The zero-order valence-electron chi connectivity index (χ0n) is 15.2. The van der Waals surface area contributed by atoms with Crippen molar-refractivity contribution >= 4 is 5.97 Å². The fraction of sp³-hybridized carbons (Fsp3) is 0.286. The van der Waals surface area contributed by atoms with Crippen molar-refractivity contribution in [2.45, 2.75) is 18.9 Å². The van der Waals surface area contributed by atoms with Crippen LogP contribution in [0.4, 0.5) is 0 Å². The van der Waals surface area contributed by atoms with E-state index in [1.165, 1.54) is 0 Å². The molecule has 144 valence electrons. The Morgan fingerprint density at radius 3 is 2.86 bits per heavy atom. The van der Waals surface area contributed by atoms with E-state index >= 15 is 0 Å². The first-order valence-corrected chi connectivity index (χ1v) is 9.22. The zero-order valence-corrected chi connectivity index (χ0v) is 15.2. The highest BCUT2D eigenvalue weighted by Gasteiger charge is 2.30. The summed E-state index contributed by atoms with van der Waals surface area (Å²) in [6.45, 7) is 1.66. The average molecular weight is 379 g/mol. The lowest BCUT2D eigenvalue weighted by Crippen LogP contribution is -2.15. The number of benzene rings is 2. The predicted molar refractivity (Wildman–Crippen MR) is 102 cm³/mol. The number of aliphatic carboxylic acids is 1. The Morgan fingerprint density at radius 2 is 2.04 bits per heavy atom. The first-order valence-electron chi connectivity index (χ1n) is 9.22. The molecule has 0 aliphatic carbocycles. The van der Waals surface area contributed by atoms with Gasteiger partial charge in [-0.25, -0.2) is 0 Å². The van der Waals surface area contributed by atoms with E-state index in [1.807, 2.05) is 54.6 Å². The number of nitrogens with zero attached hydrogens (tertiary/aromatic N) is 2. The van der Waals surface area contributed by atoms with Crippen molar-refractivity contribution in [1.29, 1.82) is 0 Å². The van der Waals surface area contributed by atoms with Gasteiger partial charge < -0.3 is 19.7 Å². The maximum Gasteiger partial charge on any atom is 0.303 e. The Balaban J connectivity index is 1.42. The maximum atomic E-state index is 11.1. The minimum atomic E-state index is -0.767. The SMILES string of the molecule is O=C(O)C[C@H]1CNC[C@H]1c1cccc(OCc2nc(-c3ccccc3)no2)c1. The standard InChI is InChI=1S/C21H21N3O4/c25-20(26)10-16-11-22-12-18(16)15-7-4-8-17(9-15)27-13-19-23-21(24-28-19)14-5-2-1-3-6-14/h1-9,16,18,22H,10-13H2,(H,25,26)/t16-,18-/m0/s1. The number of nitrogens with one attached hydrogen (secondary N) is 1. The average Bonchev–Trinajstić information content (AvgIpc) is 3.36. The summed E-state index contributed by atoms with van der Waals surface area (Å²) in [7, 11) is 0. The number of carboxylic acids is 1. The number of ether oxygens (including phenoxy) is 1. The molecule has 2 atom stereocenters. The van der Waals surface area contributed by atoms with E-state index < -0.39 is 5.97 Å². The van der Waals surface area contributed by atoms with Crippen molar-refractivity contribution in [2.75, 3.05) is 13.1 Å². The summed E-state index contributed by atoms with van der Waals surface area (Å²) in [5.74, 6) is 1.09. The van der Waals surface area contributed by atoms with Crippen LogP contribution in [0.2, 0.25) is 0 Å². The van der Waals surface area contributed by atoms with Crippen molar-refractivity contribution < 1.29 is 19.2 Å². The summed E-state index contributed by atoms with van der Waals surface area (Å²) in [6, 6.07) is 17.4. The van der Waals surface area contributed by atoms with Crippen molar-refractivity contribution in [3.63, 3.8) is 0 Å². The molecule has 1 aromatic heterocycles. The van der Waals surface area contributed by atoms with E-state index in [-0.39, 0.29) is 24.9 Å². The highest BCUT2D eigenvalue weighted by Crippen LogP contribution is 2.32. The van der Waals surface area contributed by atoms with Crippen LogP contribution in [-0.2, 0) is 11.4 Å². The molecule has 0 bridgehead atoms. The molecule has 4 rings (SSSR count). The third-order valence-electron chi connectivity index (χ3n) is 4.93. The maximum absolute atomic E-state index is 11.1. The molecule has 1 fully saturated rings. The molecule has 2 N–H and O–H groups in total. The van der Waals surface area contributed by atoms with Gasteiger partial charge in [0.2, 0.25) is 5.82 Å². The summed E-state index contributed by atoms with van der Waals surface area (Å²) in [4.78, 5) is 15.4. The number of carbonyl (C=O) groups is 1. The Kier molecular flexibility index (Phi) is 5.34. The summed E-state index contributed by atoms with van der Waals surface area (Å²) in [5, 5.41) is 16.4. The fourth-order valence-electron chi connectivity index (χ4n) is 3.56. The number of hydrogen-bond acceptors (Lipinski definition) is 6. The van der Waals surface area contributed by atoms with Crippen molar-refractivity contribution in [3.8, 4) is 17.1 Å². The lowest BCUT2D eigenvalue weighted by atomic mass is 9.87. The van der Waals surface area contributed by atoms with Gasteiger partial charge in [-0.1, -0.05) is 47.6 Å². The van der Waals surface area contributed by atoms with Crippen LogP contribution in [0.15, 0.2) is 59.1 Å². The molecule has 7 heteroatoms. The highest BCUT2D eigenvalue weighted by atomic mass is 16.5. The second kappa shape index (κ2) is 8.22. The largest absolute Gasteiger partial charge is 0.484 e. The van der Waals surface area contributed by atoms with Crippen LogP contribution in [0.3, 0.4) is 0 Å². The van der Waals surface area contributed by atoms with Gasteiger partial charge in [0.25, 0.3) is 5.89 Å². The quantitative estimate of drug-likeness (QED) is 0.651. The molecule has 1 saturated heterocycles. The molecule has 2 heterocycles. The van der Waals surface area contributed by atoms with Crippen LogP contribution in [0.25, 0.3) is 11.4 Å². The molecular formula is C21H21N3O4. The number of hydrogen-bond donors (Lipinski definition) is 2. The second-order valence-corrected chi connectivity index (χ2v) is 6.86. The van der Waals surface area contributed by atoms with E-state index in [2.05, 4.69) is 15.5 Å². The van der Waals surface area contributed by atoms with E-state index in [0.29, 0.717) is 24.0 Å². The van der Waals surface area contributed by atoms with E-state index in [0.717, 1.165) is 17.7 Å². The summed E-state index contributed by atoms with van der Waals surface area (Å²) in [6.07, 6.45) is 0.160. The highest BCUT2D eigenvalue weighted by molar-refractivity contribution is 5.67. The first kappa shape index (κ1) is 18.2. The van der Waals surface area contributed by atoms with E-state index in [1.54, 1.807) is 0 Å². The molecule has 28 heavy (non-hydrogen) atoms. The van der Waals surface area contributed by atoms with Gasteiger partial charge >= 0.3 is 5.97 Å². The normalized spacial score (nSPS) is 18.9. The van der Waals surface area contributed by atoms with Gasteiger partial charge in [0.05, 0.1) is 0 Å². The van der Waals surface area contributed by atoms with Gasteiger partial charge in [-0.15, -0.1) is 0 Å². The Labute approximate surface area is 162 Å². The van der Waals surface area contributed by atoms with Crippen LogP contribution >= 0.6 is 0 Å². The molecule has 7 nitrogen and oxygen atoms in total. The van der Waals surface area contributed by atoms with Gasteiger partial charge in [0.1, 0.15) is 5.75 Å². The number of carboxylic acid groups (broad SMARTS) is 1. The monoisotopic (exact) mass is 379 g/mol. The minimum Gasteiger partial charge on any atom is -0.484 e. The predicted octanol–water partition coefficient (Wildman–Crippen LogP) is 3.09. The molecule has 3 aromatic rings. The van der Waals surface area contributed by atoms with Gasteiger partial charge in [-0.05, 0) is 30.2 Å². The minimum absolute atomic E-state index is 0.0807. The van der Waals surface area contributed by atoms with Gasteiger partial charge in [-0.3, -0.25) is 4.79 Å². The summed E-state index contributed by atoms with van der Waals surface area (Å²) in [5.41, 5.74) is 1.96. The second-order valence-electron chi connectivity index (χ2n) is 6.86. The molecule has 0 spiro atoms. The molecule has 0 saturated carbocycles. The summed E-state index contributed by atoms with van der Waals surface area (Å²) < 4.78 is 11.1. The molecule has 2 aromatic carbocycles. The van der Waals surface area contributed by atoms with Crippen LogP contribution in [0, 0.1) is 5.92 Å². The van der Waals surface area contributed by atoms with Gasteiger partial charge in [-0.2, -0.15) is 4.98 Å². The molecule has 0 amide bonds. The Bertz CT molecular complexity index is 942. The van der Waals surface area contributed by atoms with E-state index in [4.69, 9.17) is 14.4 Å². The summed E-state index contributed by atoms with van der Waals surface area (Å²) >= 11 is 0. The molecule has 0 radical (unpaired) electrons. The van der Waals surface area contributed by atoms with Crippen LogP contribution in [0.5, 0.6) is 5.75 Å². The topological polar surface area (TPSA) is 97.5 Å². The Hall–Kier alpha value is -3.19. The van der Waals surface area contributed by atoms with E-state index in [9.17, 15) is 4.79 Å². The molecule has 1 aliphatic heterocycles. The molecule has 0 unspecified atom stereocenters. The first-order chi connectivity index (χ1) is 13.7. The van der Waals surface area contributed by atoms with Gasteiger partial charge in [0, 0.05) is 24.4 Å². The molecule has 1 aliphatic rings. The lowest BCUT2D eigenvalue weighted by molar-refractivity contribution is -0.138. The molecular weight excluding hydrogens is 358 g/mol. The fourth-order valence-corrected chi connectivity index (χ4v) is 3.56. The third kappa shape index (κ3) is 4.20. The Morgan fingerprint density at radius 1 is 1.18 bits per heavy atom. The van der Waals surface area contributed by atoms with Crippen LogP contribution in [0.1, 0.15) is 23.8 Å². The number of rotatable bonds is 7. The van der Waals surface area contributed by atoms with Gasteiger partial charge in [0.15, 0.2) is 6.61 Å². The number of aromatic nitrogens is 2. The smallest absolute Gasteiger partial charge is 0.303 e. The van der Waals surface area contributed by atoms with Crippen LogP contribution in [-0.4, -0.2) is 34.3 Å². The van der Waals surface area contributed by atoms with Crippen molar-refractivity contribution in [3.05, 3.63) is 66.1 Å². The third-order valence-corrected chi connectivity index (χ3v) is 4.93. The van der Waals surface area contributed by atoms with Crippen LogP contribution < -0.4 is 10.1 Å². The lowest BCUT2D eigenvalue weighted by Gasteiger charge is -2.18. The van der Waals surface area contributed by atoms with Crippen molar-refractivity contribution in [2.24, 2.45) is 5.92 Å². The zero-order chi connectivity index (χ0) is 19.3.